The SMILES string of the molecule is CCC(C)c1ccc2nc(NC)c(C)cc2c1. The molecule has 90 valence electrons. The van der Waals surface area contributed by atoms with E-state index in [9.17, 15) is 0 Å². The Hall–Kier alpha value is -1.57. The number of benzene rings is 1. The Morgan fingerprint density at radius 2 is 2.06 bits per heavy atom. The molecule has 0 aliphatic rings. The van der Waals surface area contributed by atoms with E-state index in [-0.39, 0.29) is 0 Å². The third kappa shape index (κ3) is 2.26. The molecule has 2 aromatic rings. The van der Waals surface area contributed by atoms with Crippen LogP contribution in [0.4, 0.5) is 5.82 Å². The van der Waals surface area contributed by atoms with Gasteiger partial charge in [-0.2, -0.15) is 0 Å². The minimum atomic E-state index is 0.615. The fraction of sp³-hybridized carbons (Fsp3) is 0.400. The van der Waals surface area contributed by atoms with Crippen LogP contribution in [0.2, 0.25) is 0 Å². The van der Waals surface area contributed by atoms with Crippen LogP contribution in [-0.4, -0.2) is 12.0 Å². The lowest BCUT2D eigenvalue weighted by atomic mass is 9.97. The predicted molar refractivity (Wildman–Crippen MR) is 74.7 cm³/mol. The number of hydrogen-bond donors (Lipinski definition) is 1. The van der Waals surface area contributed by atoms with E-state index in [1.807, 2.05) is 7.05 Å². The van der Waals surface area contributed by atoms with Gasteiger partial charge in [-0.25, -0.2) is 4.98 Å². The summed E-state index contributed by atoms with van der Waals surface area (Å²) in [5.41, 5.74) is 3.66. The van der Waals surface area contributed by atoms with Crippen LogP contribution in [0, 0.1) is 6.92 Å². The largest absolute Gasteiger partial charge is 0.373 e. The monoisotopic (exact) mass is 228 g/mol. The number of anilines is 1. The summed E-state index contributed by atoms with van der Waals surface area (Å²) in [6.45, 7) is 6.58. The van der Waals surface area contributed by atoms with Gasteiger partial charge in [-0.1, -0.05) is 19.9 Å². The number of rotatable bonds is 3. The molecule has 17 heavy (non-hydrogen) atoms. The average Bonchev–Trinajstić information content (AvgIpc) is 2.36. The summed E-state index contributed by atoms with van der Waals surface area (Å²) in [6, 6.07) is 8.79. The molecule has 0 aliphatic heterocycles. The normalized spacial score (nSPS) is 12.7. The first-order valence-electron chi connectivity index (χ1n) is 6.24. The molecule has 2 heteroatoms. The van der Waals surface area contributed by atoms with E-state index in [0.29, 0.717) is 5.92 Å². The van der Waals surface area contributed by atoms with Gasteiger partial charge in [-0.05, 0) is 48.6 Å². The van der Waals surface area contributed by atoms with Crippen LogP contribution in [0.5, 0.6) is 0 Å². The van der Waals surface area contributed by atoms with Gasteiger partial charge in [-0.15, -0.1) is 0 Å². The van der Waals surface area contributed by atoms with Gasteiger partial charge < -0.3 is 5.32 Å². The molecule has 0 saturated heterocycles. The smallest absolute Gasteiger partial charge is 0.129 e. The average molecular weight is 228 g/mol. The standard InChI is InChI=1S/C15H20N2/c1-5-10(2)12-6-7-14-13(9-12)8-11(3)15(16-4)17-14/h6-10H,5H2,1-4H3,(H,16,17). The van der Waals surface area contributed by atoms with Crippen LogP contribution in [-0.2, 0) is 0 Å². The lowest BCUT2D eigenvalue weighted by molar-refractivity contribution is 0.734. The molecule has 1 heterocycles. The lowest BCUT2D eigenvalue weighted by Gasteiger charge is -2.11. The molecule has 2 nitrogen and oxygen atoms in total. The third-order valence-corrected chi connectivity index (χ3v) is 3.45. The maximum Gasteiger partial charge on any atom is 0.129 e. The number of hydrogen-bond acceptors (Lipinski definition) is 2. The first-order valence-corrected chi connectivity index (χ1v) is 6.24. The van der Waals surface area contributed by atoms with Gasteiger partial charge in [0, 0.05) is 12.4 Å². The van der Waals surface area contributed by atoms with E-state index in [1.165, 1.54) is 22.9 Å². The van der Waals surface area contributed by atoms with Crippen molar-refractivity contribution in [2.45, 2.75) is 33.1 Å². The zero-order valence-electron chi connectivity index (χ0n) is 11.0. The third-order valence-electron chi connectivity index (χ3n) is 3.45. The molecule has 2 rings (SSSR count). The van der Waals surface area contributed by atoms with E-state index in [0.717, 1.165) is 11.3 Å². The molecule has 0 spiro atoms. The highest BCUT2D eigenvalue weighted by atomic mass is 15.0. The molecule has 1 unspecified atom stereocenters. The van der Waals surface area contributed by atoms with Crippen LogP contribution in [0.25, 0.3) is 10.9 Å². The molecule has 1 atom stereocenters. The van der Waals surface area contributed by atoms with Crippen molar-refractivity contribution in [1.82, 2.24) is 4.98 Å². The molecule has 0 aliphatic carbocycles. The summed E-state index contributed by atoms with van der Waals surface area (Å²) in [5.74, 6) is 1.58. The highest BCUT2D eigenvalue weighted by Crippen LogP contribution is 2.25. The number of aryl methyl sites for hydroxylation is 1. The van der Waals surface area contributed by atoms with Crippen molar-refractivity contribution >= 4 is 16.7 Å². The summed E-state index contributed by atoms with van der Waals surface area (Å²) in [6.07, 6.45) is 1.17. The Morgan fingerprint density at radius 3 is 2.71 bits per heavy atom. The Balaban J connectivity index is 2.55. The van der Waals surface area contributed by atoms with Gasteiger partial charge in [0.05, 0.1) is 5.52 Å². The second-order valence-electron chi connectivity index (χ2n) is 4.67. The zero-order chi connectivity index (χ0) is 12.4. The van der Waals surface area contributed by atoms with E-state index >= 15 is 0 Å². The lowest BCUT2D eigenvalue weighted by Crippen LogP contribution is -1.97. The van der Waals surface area contributed by atoms with Crippen molar-refractivity contribution in [3.63, 3.8) is 0 Å². The molecule has 0 radical (unpaired) electrons. The predicted octanol–water partition coefficient (Wildman–Crippen LogP) is 4.10. The number of nitrogens with one attached hydrogen (secondary N) is 1. The fourth-order valence-electron chi connectivity index (χ4n) is 2.10. The van der Waals surface area contributed by atoms with Crippen LogP contribution >= 0.6 is 0 Å². The molecule has 0 amide bonds. The number of aromatic nitrogens is 1. The molecule has 1 N–H and O–H groups in total. The first-order chi connectivity index (χ1) is 8.15. The van der Waals surface area contributed by atoms with Crippen molar-refractivity contribution in [1.29, 1.82) is 0 Å². The summed E-state index contributed by atoms with van der Waals surface area (Å²) >= 11 is 0. The van der Waals surface area contributed by atoms with Crippen molar-refractivity contribution in [2.75, 3.05) is 12.4 Å². The van der Waals surface area contributed by atoms with Gasteiger partial charge in [0.1, 0.15) is 5.82 Å². The van der Waals surface area contributed by atoms with Crippen molar-refractivity contribution in [3.8, 4) is 0 Å². The first kappa shape index (κ1) is 11.9. The van der Waals surface area contributed by atoms with Crippen LogP contribution in [0.3, 0.4) is 0 Å². The molecule has 0 bridgehead atoms. The number of pyridine rings is 1. The Labute approximate surface area is 103 Å². The molecular weight excluding hydrogens is 208 g/mol. The van der Waals surface area contributed by atoms with E-state index in [4.69, 9.17) is 0 Å². The zero-order valence-corrected chi connectivity index (χ0v) is 11.0. The maximum atomic E-state index is 4.61. The Kier molecular flexibility index (Phi) is 3.32. The summed E-state index contributed by atoms with van der Waals surface area (Å²) in [5, 5.41) is 4.36. The van der Waals surface area contributed by atoms with Crippen molar-refractivity contribution in [2.24, 2.45) is 0 Å². The van der Waals surface area contributed by atoms with Crippen LogP contribution in [0.1, 0.15) is 37.3 Å². The van der Waals surface area contributed by atoms with Crippen LogP contribution in [0.15, 0.2) is 24.3 Å². The van der Waals surface area contributed by atoms with E-state index < -0.39 is 0 Å². The highest BCUT2D eigenvalue weighted by molar-refractivity contribution is 5.82. The highest BCUT2D eigenvalue weighted by Gasteiger charge is 2.06. The maximum absolute atomic E-state index is 4.61. The van der Waals surface area contributed by atoms with Gasteiger partial charge in [0.25, 0.3) is 0 Å². The Bertz CT molecular complexity index is 532. The van der Waals surface area contributed by atoms with Gasteiger partial charge in [0.15, 0.2) is 0 Å². The number of nitrogens with zero attached hydrogens (tertiary/aromatic N) is 1. The van der Waals surface area contributed by atoms with Crippen LogP contribution < -0.4 is 5.32 Å². The number of fused-ring (bicyclic) bond motifs is 1. The quantitative estimate of drug-likeness (QED) is 0.855. The second-order valence-corrected chi connectivity index (χ2v) is 4.67. The topological polar surface area (TPSA) is 24.9 Å². The summed E-state index contributed by atoms with van der Waals surface area (Å²) in [4.78, 5) is 4.61. The molecule has 1 aromatic carbocycles. The molecule has 1 aromatic heterocycles. The van der Waals surface area contributed by atoms with Gasteiger partial charge >= 0.3 is 0 Å². The van der Waals surface area contributed by atoms with E-state index in [2.05, 4.69) is 55.3 Å². The molecule has 0 saturated carbocycles. The van der Waals surface area contributed by atoms with Crippen molar-refractivity contribution in [3.05, 3.63) is 35.4 Å². The van der Waals surface area contributed by atoms with Gasteiger partial charge in [-0.3, -0.25) is 0 Å². The minimum Gasteiger partial charge on any atom is -0.373 e. The molecular formula is C15H20N2. The van der Waals surface area contributed by atoms with Crippen molar-refractivity contribution < 1.29 is 0 Å². The Morgan fingerprint density at radius 1 is 1.29 bits per heavy atom. The summed E-state index contributed by atoms with van der Waals surface area (Å²) < 4.78 is 0. The second kappa shape index (κ2) is 4.74. The minimum absolute atomic E-state index is 0.615. The van der Waals surface area contributed by atoms with E-state index in [1.54, 1.807) is 0 Å². The van der Waals surface area contributed by atoms with Gasteiger partial charge in [0.2, 0.25) is 0 Å². The fourth-order valence-corrected chi connectivity index (χ4v) is 2.10. The molecule has 0 fully saturated rings. The summed E-state index contributed by atoms with van der Waals surface area (Å²) in [7, 11) is 1.91.